The fraction of sp³-hybridized carbons (Fsp3) is 0.579. The third-order valence-corrected chi connectivity index (χ3v) is 4.79. The maximum Gasteiger partial charge on any atom is 0.256 e. The summed E-state index contributed by atoms with van der Waals surface area (Å²) in [5.41, 5.74) is 2.95. The van der Waals surface area contributed by atoms with Crippen LogP contribution in [-0.2, 0) is 4.74 Å². The summed E-state index contributed by atoms with van der Waals surface area (Å²) in [7, 11) is 4.01. The van der Waals surface area contributed by atoms with Gasteiger partial charge in [0.25, 0.3) is 11.1 Å². The maximum absolute atomic E-state index is 12.5. The number of aryl methyl sites for hydroxylation is 1. The molecule has 1 aromatic carbocycles. The van der Waals surface area contributed by atoms with E-state index in [0.29, 0.717) is 5.17 Å². The van der Waals surface area contributed by atoms with E-state index in [1.54, 1.807) is 0 Å². The van der Waals surface area contributed by atoms with E-state index in [4.69, 9.17) is 17.0 Å². The summed E-state index contributed by atoms with van der Waals surface area (Å²) in [4.78, 5) is 14.6. The topological polar surface area (TPSA) is 53.6 Å². The Labute approximate surface area is 156 Å². The van der Waals surface area contributed by atoms with Crippen molar-refractivity contribution in [1.29, 1.82) is 0 Å². The highest BCUT2D eigenvalue weighted by molar-refractivity contribution is 7.80. The zero-order valence-electron chi connectivity index (χ0n) is 15.6. The largest absolute Gasteiger partial charge is 0.468 e. The normalized spacial score (nSPS) is 19.8. The minimum atomic E-state index is 0.000875. The number of rotatable bonds is 5. The highest BCUT2D eigenvalue weighted by Gasteiger charge is 2.24. The molecule has 2 N–H and O–H groups in total. The van der Waals surface area contributed by atoms with Crippen LogP contribution in [0.4, 0.5) is 5.69 Å². The number of anilines is 1. The summed E-state index contributed by atoms with van der Waals surface area (Å²) in [5.74, 6) is 0.000875. The molecule has 1 amide bonds. The molecule has 0 saturated heterocycles. The fourth-order valence-corrected chi connectivity index (χ4v) is 3.51. The smallest absolute Gasteiger partial charge is 0.256 e. The molecule has 0 heterocycles. The zero-order chi connectivity index (χ0) is 18.4. The van der Waals surface area contributed by atoms with E-state index in [0.717, 1.165) is 49.0 Å². The van der Waals surface area contributed by atoms with Crippen molar-refractivity contribution < 1.29 is 9.53 Å². The van der Waals surface area contributed by atoms with E-state index in [1.807, 2.05) is 46.1 Å². The maximum atomic E-state index is 12.5. The first kappa shape index (κ1) is 19.5. The lowest BCUT2D eigenvalue weighted by atomic mass is 9.92. The molecule has 1 aliphatic rings. The first-order valence-electron chi connectivity index (χ1n) is 8.94. The molecule has 138 valence electrons. The molecule has 6 heteroatoms. The van der Waals surface area contributed by atoms with Crippen LogP contribution in [0.1, 0.15) is 48.5 Å². The molecule has 1 aromatic rings. The average Bonchev–Trinajstić information content (AvgIpc) is 2.56. The van der Waals surface area contributed by atoms with Crippen LogP contribution in [0, 0.1) is 6.92 Å². The summed E-state index contributed by atoms with van der Waals surface area (Å²) in [6, 6.07) is 6.04. The van der Waals surface area contributed by atoms with Crippen molar-refractivity contribution in [2.45, 2.75) is 51.7 Å². The zero-order valence-corrected chi connectivity index (χ0v) is 16.4. The van der Waals surface area contributed by atoms with Crippen LogP contribution < -0.4 is 15.5 Å². The van der Waals surface area contributed by atoms with Gasteiger partial charge in [0.15, 0.2) is 0 Å². The molecular formula is C19H29N3O2S. The first-order chi connectivity index (χ1) is 11.9. The van der Waals surface area contributed by atoms with Crippen molar-refractivity contribution in [3.05, 3.63) is 29.3 Å². The molecule has 1 aliphatic carbocycles. The molecular weight excluding hydrogens is 334 g/mol. The van der Waals surface area contributed by atoms with E-state index in [1.165, 1.54) is 0 Å². The average molecular weight is 364 g/mol. The number of hydrogen-bond donors (Lipinski definition) is 2. The molecule has 0 spiro atoms. The molecule has 1 saturated carbocycles. The summed E-state index contributed by atoms with van der Waals surface area (Å²) >= 11 is 5.13. The quantitative estimate of drug-likeness (QED) is 0.788. The highest BCUT2D eigenvalue weighted by atomic mass is 32.1. The number of benzene rings is 1. The molecule has 0 aliphatic heterocycles. The van der Waals surface area contributed by atoms with Crippen molar-refractivity contribution in [3.8, 4) is 0 Å². The Kier molecular flexibility index (Phi) is 7.05. The molecule has 1 fully saturated rings. The van der Waals surface area contributed by atoms with E-state index in [9.17, 15) is 4.79 Å². The lowest BCUT2D eigenvalue weighted by Gasteiger charge is -2.29. The summed E-state index contributed by atoms with van der Waals surface area (Å²) in [5, 5.41) is 6.64. The lowest BCUT2D eigenvalue weighted by Crippen LogP contribution is -2.40. The van der Waals surface area contributed by atoms with E-state index >= 15 is 0 Å². The fourth-order valence-electron chi connectivity index (χ4n) is 3.23. The van der Waals surface area contributed by atoms with Crippen LogP contribution in [0.5, 0.6) is 0 Å². The number of hydrogen-bond acceptors (Lipinski definition) is 4. The van der Waals surface area contributed by atoms with Gasteiger partial charge in [0.1, 0.15) is 6.10 Å². The monoisotopic (exact) mass is 363 g/mol. The van der Waals surface area contributed by atoms with E-state index in [2.05, 4.69) is 15.5 Å². The number of carbonyl (C=O) groups excluding carboxylic acids is 1. The molecule has 2 rings (SSSR count). The highest BCUT2D eigenvalue weighted by Crippen LogP contribution is 2.23. The van der Waals surface area contributed by atoms with Gasteiger partial charge in [0.2, 0.25) is 0 Å². The molecule has 0 aromatic heterocycles. The third kappa shape index (κ3) is 5.59. The predicted molar refractivity (Wildman–Crippen MR) is 106 cm³/mol. The van der Waals surface area contributed by atoms with Crippen molar-refractivity contribution in [2.75, 3.05) is 25.5 Å². The number of nitrogens with one attached hydrogen (secondary N) is 2. The van der Waals surface area contributed by atoms with Gasteiger partial charge in [-0.2, -0.15) is 0 Å². The Balaban J connectivity index is 1.84. The van der Waals surface area contributed by atoms with Crippen LogP contribution in [0.3, 0.4) is 0 Å². The molecule has 0 unspecified atom stereocenters. The van der Waals surface area contributed by atoms with Gasteiger partial charge in [-0.05, 0) is 75.5 Å². The Hall–Kier alpha value is -1.82. The van der Waals surface area contributed by atoms with Crippen molar-refractivity contribution in [2.24, 2.45) is 0 Å². The van der Waals surface area contributed by atoms with Crippen LogP contribution >= 0.6 is 12.2 Å². The van der Waals surface area contributed by atoms with Gasteiger partial charge in [-0.15, -0.1) is 0 Å². The third-order valence-electron chi connectivity index (χ3n) is 4.55. The molecule has 0 bridgehead atoms. The Morgan fingerprint density at radius 3 is 2.52 bits per heavy atom. The van der Waals surface area contributed by atoms with Gasteiger partial charge in [0, 0.05) is 37.9 Å². The molecule has 0 atom stereocenters. The second-order valence-electron chi connectivity index (χ2n) is 6.78. The number of thiocarbonyl (C=S) groups is 1. The number of amides is 1. The van der Waals surface area contributed by atoms with Gasteiger partial charge in [0.05, 0.1) is 0 Å². The van der Waals surface area contributed by atoms with Crippen LogP contribution in [0.25, 0.3) is 0 Å². The van der Waals surface area contributed by atoms with E-state index < -0.39 is 0 Å². The van der Waals surface area contributed by atoms with Crippen molar-refractivity contribution >= 4 is 29.0 Å². The Morgan fingerprint density at radius 1 is 1.28 bits per heavy atom. The summed E-state index contributed by atoms with van der Waals surface area (Å²) in [6.07, 6.45) is 3.81. The molecule has 5 nitrogen and oxygen atoms in total. The Bertz CT molecular complexity index is 611. The van der Waals surface area contributed by atoms with Gasteiger partial charge in [-0.1, -0.05) is 0 Å². The summed E-state index contributed by atoms with van der Waals surface area (Å²) in [6.45, 7) is 4.80. The number of ether oxygens (including phenoxy) is 1. The van der Waals surface area contributed by atoms with Crippen LogP contribution in [0.2, 0.25) is 0 Å². The SMILES string of the molecule is CCNC(=S)OC1CCC(NC(=O)c2ccc(N(C)C)c(C)c2)CC1. The van der Waals surface area contributed by atoms with Crippen molar-refractivity contribution in [1.82, 2.24) is 10.6 Å². The number of nitrogens with zero attached hydrogens (tertiary/aromatic N) is 1. The standard InChI is InChI=1S/C19H29N3O2S/c1-5-20-19(25)24-16-9-7-15(8-10-16)21-18(23)14-6-11-17(22(3)4)13(2)12-14/h6,11-12,15-16H,5,7-10H2,1-4H3,(H,20,25)(H,21,23). The lowest BCUT2D eigenvalue weighted by molar-refractivity contribution is 0.0882. The van der Waals surface area contributed by atoms with Gasteiger partial charge < -0.3 is 20.3 Å². The number of carbonyl (C=O) groups is 1. The Morgan fingerprint density at radius 2 is 1.96 bits per heavy atom. The first-order valence-corrected chi connectivity index (χ1v) is 9.34. The van der Waals surface area contributed by atoms with Gasteiger partial charge in [-0.3, -0.25) is 4.79 Å². The summed E-state index contributed by atoms with van der Waals surface area (Å²) < 4.78 is 5.72. The van der Waals surface area contributed by atoms with E-state index in [-0.39, 0.29) is 18.1 Å². The predicted octanol–water partition coefficient (Wildman–Crippen LogP) is 3.01. The second-order valence-corrected chi connectivity index (χ2v) is 7.15. The van der Waals surface area contributed by atoms with Crippen LogP contribution in [-0.4, -0.2) is 43.9 Å². The van der Waals surface area contributed by atoms with Gasteiger partial charge in [-0.25, -0.2) is 0 Å². The van der Waals surface area contributed by atoms with Crippen LogP contribution in [0.15, 0.2) is 18.2 Å². The van der Waals surface area contributed by atoms with Crippen molar-refractivity contribution in [3.63, 3.8) is 0 Å². The minimum absolute atomic E-state index is 0.000875. The second kappa shape index (κ2) is 9.04. The van der Waals surface area contributed by atoms with Gasteiger partial charge >= 0.3 is 0 Å². The molecule has 0 radical (unpaired) electrons. The molecule has 25 heavy (non-hydrogen) atoms. The minimum Gasteiger partial charge on any atom is -0.468 e.